The molecule has 3 rings (SSSR count). The topological polar surface area (TPSA) is 96.0 Å². The van der Waals surface area contributed by atoms with Crippen molar-refractivity contribution in [2.45, 2.75) is 6.92 Å². The number of aromatic nitrogens is 2. The minimum Gasteiger partial charge on any atom is -0.337 e. The summed E-state index contributed by atoms with van der Waals surface area (Å²) in [6.07, 6.45) is 2.49. The van der Waals surface area contributed by atoms with Crippen molar-refractivity contribution in [1.82, 2.24) is 9.97 Å². The monoisotopic (exact) mass is 383 g/mol. The Bertz CT molecular complexity index is 1010. The molecule has 0 bridgehead atoms. The van der Waals surface area contributed by atoms with Crippen LogP contribution in [0.15, 0.2) is 54.9 Å². The fourth-order valence-electron chi connectivity index (χ4n) is 2.27. The van der Waals surface area contributed by atoms with E-state index in [1.807, 2.05) is 0 Å². The zero-order valence-electron chi connectivity index (χ0n) is 14.7. The molecule has 1 heterocycles. The van der Waals surface area contributed by atoms with Crippen LogP contribution in [0.4, 0.5) is 31.7 Å². The van der Waals surface area contributed by atoms with Crippen LogP contribution in [-0.2, 0) is 4.79 Å². The normalized spacial score (nSPS) is 10.2. The fraction of sp³-hybridized carbons (Fsp3) is 0.0526. The van der Waals surface area contributed by atoms with Gasteiger partial charge in [0.25, 0.3) is 5.91 Å². The predicted molar refractivity (Wildman–Crippen MR) is 100 cm³/mol. The Morgan fingerprint density at radius 1 is 0.893 bits per heavy atom. The van der Waals surface area contributed by atoms with Gasteiger partial charge in [-0.3, -0.25) is 9.59 Å². The van der Waals surface area contributed by atoms with E-state index in [0.29, 0.717) is 11.4 Å². The highest BCUT2D eigenvalue weighted by atomic mass is 19.1. The third kappa shape index (κ3) is 4.85. The first kappa shape index (κ1) is 18.9. The Morgan fingerprint density at radius 3 is 2.14 bits per heavy atom. The van der Waals surface area contributed by atoms with Crippen LogP contribution in [-0.4, -0.2) is 21.8 Å². The minimum absolute atomic E-state index is 0.0344. The summed E-state index contributed by atoms with van der Waals surface area (Å²) in [4.78, 5) is 31.2. The van der Waals surface area contributed by atoms with Gasteiger partial charge in [0.2, 0.25) is 5.91 Å². The van der Waals surface area contributed by atoms with Crippen LogP contribution in [0, 0.1) is 11.6 Å². The second-order valence-electron chi connectivity index (χ2n) is 5.75. The molecule has 0 fully saturated rings. The van der Waals surface area contributed by atoms with E-state index in [1.54, 1.807) is 24.3 Å². The maximum absolute atomic E-state index is 13.6. The number of nitrogens with one attached hydrogen (secondary N) is 3. The molecule has 0 saturated heterocycles. The van der Waals surface area contributed by atoms with Crippen molar-refractivity contribution < 1.29 is 18.4 Å². The smallest absolute Gasteiger partial charge is 0.275 e. The predicted octanol–water partition coefficient (Wildman–Crippen LogP) is 3.71. The van der Waals surface area contributed by atoms with Crippen LogP contribution in [0.1, 0.15) is 17.4 Å². The SMILES string of the molecule is CC(=O)Nc1ccc(NC(=O)c2cnc(Nc3ccc(F)cc3F)cn2)cc1. The Labute approximate surface area is 158 Å². The summed E-state index contributed by atoms with van der Waals surface area (Å²) in [5, 5.41) is 7.92. The third-order valence-corrected chi connectivity index (χ3v) is 3.54. The van der Waals surface area contributed by atoms with Crippen molar-refractivity contribution in [3.05, 3.63) is 72.2 Å². The molecule has 2 aromatic carbocycles. The lowest BCUT2D eigenvalue weighted by Crippen LogP contribution is -2.14. The second-order valence-corrected chi connectivity index (χ2v) is 5.75. The van der Waals surface area contributed by atoms with Crippen molar-refractivity contribution in [3.63, 3.8) is 0 Å². The number of hydrogen-bond acceptors (Lipinski definition) is 5. The lowest BCUT2D eigenvalue weighted by molar-refractivity contribution is -0.114. The number of amides is 2. The number of benzene rings is 2. The van der Waals surface area contributed by atoms with Gasteiger partial charge in [-0.15, -0.1) is 0 Å². The van der Waals surface area contributed by atoms with Gasteiger partial charge in [-0.2, -0.15) is 0 Å². The van der Waals surface area contributed by atoms with E-state index in [2.05, 4.69) is 25.9 Å². The number of nitrogens with zero attached hydrogens (tertiary/aromatic N) is 2. The Kier molecular flexibility index (Phi) is 5.54. The first-order valence-corrected chi connectivity index (χ1v) is 8.14. The maximum atomic E-state index is 13.6. The average molecular weight is 383 g/mol. The lowest BCUT2D eigenvalue weighted by Gasteiger charge is -2.08. The highest BCUT2D eigenvalue weighted by Gasteiger charge is 2.10. The van der Waals surface area contributed by atoms with Gasteiger partial charge in [0.1, 0.15) is 23.1 Å². The molecule has 2 amide bonds. The first-order chi connectivity index (χ1) is 13.4. The Morgan fingerprint density at radius 2 is 1.57 bits per heavy atom. The van der Waals surface area contributed by atoms with Crippen LogP contribution >= 0.6 is 0 Å². The molecule has 3 N–H and O–H groups in total. The van der Waals surface area contributed by atoms with Crippen LogP contribution < -0.4 is 16.0 Å². The first-order valence-electron chi connectivity index (χ1n) is 8.14. The van der Waals surface area contributed by atoms with E-state index in [4.69, 9.17) is 0 Å². The van der Waals surface area contributed by atoms with E-state index in [9.17, 15) is 18.4 Å². The molecule has 1 aromatic heterocycles. The quantitative estimate of drug-likeness (QED) is 0.624. The molecule has 142 valence electrons. The summed E-state index contributed by atoms with van der Waals surface area (Å²) in [5.74, 6) is -1.94. The second kappa shape index (κ2) is 8.21. The molecular formula is C19H15F2N5O2. The van der Waals surface area contributed by atoms with Crippen LogP contribution in [0.2, 0.25) is 0 Å². The molecule has 9 heteroatoms. The third-order valence-electron chi connectivity index (χ3n) is 3.54. The molecule has 0 spiro atoms. The summed E-state index contributed by atoms with van der Waals surface area (Å²) in [6.45, 7) is 1.40. The number of halogens is 2. The number of carbonyl (C=O) groups excluding carboxylic acids is 2. The standard InChI is InChI=1S/C19H15F2N5O2/c1-11(27)24-13-3-5-14(6-4-13)25-19(28)17-9-23-18(10-22-17)26-16-7-2-12(20)8-15(16)21/h2-10H,1H3,(H,23,26)(H,24,27)(H,25,28). The molecule has 0 radical (unpaired) electrons. The average Bonchev–Trinajstić information content (AvgIpc) is 2.66. The van der Waals surface area contributed by atoms with Gasteiger partial charge in [-0.25, -0.2) is 18.7 Å². The molecule has 0 saturated carbocycles. The van der Waals surface area contributed by atoms with Gasteiger partial charge < -0.3 is 16.0 Å². The van der Waals surface area contributed by atoms with Crippen molar-refractivity contribution in [2.24, 2.45) is 0 Å². The molecule has 0 atom stereocenters. The van der Waals surface area contributed by atoms with E-state index in [1.165, 1.54) is 25.4 Å². The van der Waals surface area contributed by atoms with E-state index >= 15 is 0 Å². The lowest BCUT2D eigenvalue weighted by atomic mass is 10.2. The molecule has 0 aliphatic heterocycles. The molecular weight excluding hydrogens is 368 g/mol. The molecule has 28 heavy (non-hydrogen) atoms. The van der Waals surface area contributed by atoms with Gasteiger partial charge in [-0.1, -0.05) is 0 Å². The van der Waals surface area contributed by atoms with Crippen LogP contribution in [0.5, 0.6) is 0 Å². The Hall–Kier alpha value is -3.88. The van der Waals surface area contributed by atoms with Crippen LogP contribution in [0.25, 0.3) is 0 Å². The van der Waals surface area contributed by atoms with E-state index < -0.39 is 17.5 Å². The number of rotatable bonds is 5. The maximum Gasteiger partial charge on any atom is 0.275 e. The molecule has 3 aromatic rings. The molecule has 7 nitrogen and oxygen atoms in total. The van der Waals surface area contributed by atoms with E-state index in [0.717, 1.165) is 12.1 Å². The van der Waals surface area contributed by atoms with E-state index in [-0.39, 0.29) is 23.1 Å². The number of hydrogen-bond donors (Lipinski definition) is 3. The van der Waals surface area contributed by atoms with Gasteiger partial charge >= 0.3 is 0 Å². The Balaban J connectivity index is 1.64. The highest BCUT2D eigenvalue weighted by Crippen LogP contribution is 2.19. The van der Waals surface area contributed by atoms with Crippen molar-refractivity contribution in [1.29, 1.82) is 0 Å². The summed E-state index contributed by atoms with van der Waals surface area (Å²) < 4.78 is 26.6. The van der Waals surface area contributed by atoms with Crippen LogP contribution in [0.3, 0.4) is 0 Å². The fourth-order valence-corrected chi connectivity index (χ4v) is 2.27. The van der Waals surface area contributed by atoms with Crippen molar-refractivity contribution in [2.75, 3.05) is 16.0 Å². The van der Waals surface area contributed by atoms with Gasteiger partial charge in [0.05, 0.1) is 18.1 Å². The van der Waals surface area contributed by atoms with Gasteiger partial charge in [0.15, 0.2) is 0 Å². The minimum atomic E-state index is -0.772. The molecule has 0 aliphatic rings. The summed E-state index contributed by atoms with van der Waals surface area (Å²) in [7, 11) is 0. The molecule has 0 unspecified atom stereocenters. The summed E-state index contributed by atoms with van der Waals surface area (Å²) >= 11 is 0. The highest BCUT2D eigenvalue weighted by molar-refractivity contribution is 6.02. The zero-order chi connectivity index (χ0) is 20.1. The van der Waals surface area contributed by atoms with Crippen molar-refractivity contribution >= 4 is 34.7 Å². The number of carbonyl (C=O) groups is 2. The zero-order valence-corrected chi connectivity index (χ0v) is 14.7. The number of anilines is 4. The van der Waals surface area contributed by atoms with Gasteiger partial charge in [0, 0.05) is 24.4 Å². The summed E-state index contributed by atoms with van der Waals surface area (Å²) in [6, 6.07) is 9.64. The van der Waals surface area contributed by atoms with Gasteiger partial charge in [-0.05, 0) is 36.4 Å². The largest absolute Gasteiger partial charge is 0.337 e. The molecule has 0 aliphatic carbocycles. The van der Waals surface area contributed by atoms with Crippen molar-refractivity contribution in [3.8, 4) is 0 Å². The summed E-state index contributed by atoms with van der Waals surface area (Å²) in [5.41, 5.74) is 1.20.